The van der Waals surface area contributed by atoms with Crippen molar-refractivity contribution >= 4 is 27.7 Å². The molecule has 0 spiro atoms. The number of aromatic nitrogens is 1. The first-order valence-corrected chi connectivity index (χ1v) is 6.48. The Balaban J connectivity index is 2.07. The molecule has 0 saturated heterocycles. The summed E-state index contributed by atoms with van der Waals surface area (Å²) in [7, 11) is 1.67. The third kappa shape index (κ3) is 3.61. The molecule has 1 aromatic carbocycles. The summed E-state index contributed by atoms with van der Waals surface area (Å²) in [6.45, 7) is 0. The molecule has 0 radical (unpaired) electrons. The zero-order valence-electron chi connectivity index (χ0n) is 10.3. The first-order valence-electron chi connectivity index (χ1n) is 5.69. The second-order valence-electron chi connectivity index (χ2n) is 4.09. The summed E-state index contributed by atoms with van der Waals surface area (Å²) in [5, 5.41) is 0. The summed E-state index contributed by atoms with van der Waals surface area (Å²) in [5.74, 6) is 0.177. The molecule has 0 bridgehead atoms. The quantitative estimate of drug-likeness (QED) is 0.869. The van der Waals surface area contributed by atoms with Crippen LogP contribution in [0.2, 0.25) is 0 Å². The van der Waals surface area contributed by atoms with Gasteiger partial charge in [0.05, 0.1) is 6.42 Å². The highest BCUT2D eigenvalue weighted by molar-refractivity contribution is 9.10. The predicted octanol–water partition coefficient (Wildman–Crippen LogP) is 3.19. The van der Waals surface area contributed by atoms with Crippen LogP contribution in [0.5, 0.6) is 0 Å². The molecular weight excluding hydrogens is 311 g/mol. The molecule has 1 heterocycles. The summed E-state index contributed by atoms with van der Waals surface area (Å²) in [6, 6.07) is 9.49. The van der Waals surface area contributed by atoms with Crippen LogP contribution < -0.4 is 4.90 Å². The largest absolute Gasteiger partial charge is 0.300 e. The first kappa shape index (κ1) is 13.7. The van der Waals surface area contributed by atoms with Crippen LogP contribution >= 0.6 is 15.9 Å². The zero-order valence-corrected chi connectivity index (χ0v) is 11.9. The fourth-order valence-electron chi connectivity index (χ4n) is 1.59. The maximum Gasteiger partial charge on any atom is 0.232 e. The Morgan fingerprint density at radius 2 is 1.95 bits per heavy atom. The Kier molecular flexibility index (Phi) is 4.27. The van der Waals surface area contributed by atoms with Crippen LogP contribution in [-0.2, 0) is 11.2 Å². The molecule has 19 heavy (non-hydrogen) atoms. The van der Waals surface area contributed by atoms with E-state index in [1.807, 2.05) is 6.07 Å². The molecule has 0 fully saturated rings. The molecule has 0 unspecified atom stereocenters. The lowest BCUT2D eigenvalue weighted by Crippen LogP contribution is -2.28. The van der Waals surface area contributed by atoms with Crippen molar-refractivity contribution in [2.75, 3.05) is 11.9 Å². The summed E-state index contributed by atoms with van der Waals surface area (Å²) in [6.07, 6.45) is 1.85. The van der Waals surface area contributed by atoms with E-state index in [1.54, 1.807) is 31.4 Å². The number of hydrogen-bond acceptors (Lipinski definition) is 2. The molecular formula is C14H12BrFN2O. The molecule has 98 valence electrons. The molecule has 1 amide bonds. The summed E-state index contributed by atoms with van der Waals surface area (Å²) in [4.78, 5) is 17.7. The van der Waals surface area contributed by atoms with Gasteiger partial charge in [-0.15, -0.1) is 0 Å². The van der Waals surface area contributed by atoms with Crippen LogP contribution in [0.4, 0.5) is 10.2 Å². The first-order chi connectivity index (χ1) is 9.06. The molecule has 2 rings (SSSR count). The van der Waals surface area contributed by atoms with E-state index in [0.717, 1.165) is 10.0 Å². The zero-order chi connectivity index (χ0) is 13.8. The van der Waals surface area contributed by atoms with Crippen molar-refractivity contribution in [1.82, 2.24) is 4.98 Å². The van der Waals surface area contributed by atoms with Crippen molar-refractivity contribution in [3.8, 4) is 0 Å². The van der Waals surface area contributed by atoms with Crippen molar-refractivity contribution in [1.29, 1.82) is 0 Å². The minimum Gasteiger partial charge on any atom is -0.300 e. The molecule has 0 N–H and O–H groups in total. The van der Waals surface area contributed by atoms with Gasteiger partial charge in [-0.25, -0.2) is 9.37 Å². The number of carbonyl (C=O) groups excluding carboxylic acids is 1. The second kappa shape index (κ2) is 5.93. The van der Waals surface area contributed by atoms with Gasteiger partial charge < -0.3 is 0 Å². The summed E-state index contributed by atoms with van der Waals surface area (Å²) < 4.78 is 13.6. The van der Waals surface area contributed by atoms with Gasteiger partial charge in [-0.1, -0.05) is 12.1 Å². The maximum absolute atomic E-state index is 12.8. The number of rotatable bonds is 3. The van der Waals surface area contributed by atoms with Crippen molar-refractivity contribution in [2.45, 2.75) is 6.42 Å². The Morgan fingerprint density at radius 3 is 2.53 bits per heavy atom. The monoisotopic (exact) mass is 322 g/mol. The van der Waals surface area contributed by atoms with Gasteiger partial charge in [0.2, 0.25) is 5.91 Å². The number of benzene rings is 1. The van der Waals surface area contributed by atoms with Gasteiger partial charge in [-0.2, -0.15) is 0 Å². The standard InChI is InChI=1S/C14H12BrFN2O/c1-18(13-7-4-11(15)9-17-13)14(19)8-10-2-5-12(16)6-3-10/h2-7,9H,8H2,1H3. The predicted molar refractivity (Wildman–Crippen MR) is 75.5 cm³/mol. The number of hydrogen-bond donors (Lipinski definition) is 0. The number of amides is 1. The minimum absolute atomic E-state index is 0.0959. The highest BCUT2D eigenvalue weighted by Crippen LogP contribution is 2.15. The SMILES string of the molecule is CN(C(=O)Cc1ccc(F)cc1)c1ccc(Br)cn1. The lowest BCUT2D eigenvalue weighted by molar-refractivity contribution is -0.117. The third-order valence-corrected chi connectivity index (χ3v) is 3.17. The fraction of sp³-hybridized carbons (Fsp3) is 0.143. The molecule has 0 saturated carbocycles. The van der Waals surface area contributed by atoms with E-state index in [9.17, 15) is 9.18 Å². The Hall–Kier alpha value is -1.75. The van der Waals surface area contributed by atoms with Gasteiger partial charge in [-0.05, 0) is 45.8 Å². The van der Waals surface area contributed by atoms with Gasteiger partial charge in [0.15, 0.2) is 0 Å². The van der Waals surface area contributed by atoms with Gasteiger partial charge in [0.25, 0.3) is 0 Å². The van der Waals surface area contributed by atoms with Crippen LogP contribution in [0, 0.1) is 5.82 Å². The molecule has 5 heteroatoms. The van der Waals surface area contributed by atoms with E-state index in [-0.39, 0.29) is 18.1 Å². The topological polar surface area (TPSA) is 33.2 Å². The second-order valence-corrected chi connectivity index (χ2v) is 5.01. The average Bonchev–Trinajstić information content (AvgIpc) is 2.41. The number of anilines is 1. The van der Waals surface area contributed by atoms with Crippen LogP contribution in [-0.4, -0.2) is 17.9 Å². The van der Waals surface area contributed by atoms with Crippen molar-refractivity contribution in [3.63, 3.8) is 0 Å². The van der Waals surface area contributed by atoms with Crippen molar-refractivity contribution in [3.05, 3.63) is 58.4 Å². The highest BCUT2D eigenvalue weighted by atomic mass is 79.9. The van der Waals surface area contributed by atoms with Gasteiger partial charge in [0.1, 0.15) is 11.6 Å². The van der Waals surface area contributed by atoms with Gasteiger partial charge in [-0.3, -0.25) is 9.69 Å². The van der Waals surface area contributed by atoms with Gasteiger partial charge in [0, 0.05) is 17.7 Å². The van der Waals surface area contributed by atoms with Crippen LogP contribution in [0.15, 0.2) is 47.1 Å². The molecule has 0 atom stereocenters. The van der Waals surface area contributed by atoms with Crippen molar-refractivity contribution < 1.29 is 9.18 Å². The third-order valence-electron chi connectivity index (χ3n) is 2.70. The van der Waals surface area contributed by atoms with E-state index >= 15 is 0 Å². The van der Waals surface area contributed by atoms with Crippen LogP contribution in [0.3, 0.4) is 0 Å². The lowest BCUT2D eigenvalue weighted by Gasteiger charge is -2.16. The maximum atomic E-state index is 12.8. The van der Waals surface area contributed by atoms with Gasteiger partial charge >= 0.3 is 0 Å². The molecule has 2 aromatic rings. The van der Waals surface area contributed by atoms with E-state index in [4.69, 9.17) is 0 Å². The number of nitrogens with zero attached hydrogens (tertiary/aromatic N) is 2. The van der Waals surface area contributed by atoms with E-state index in [2.05, 4.69) is 20.9 Å². The van der Waals surface area contributed by atoms with E-state index in [1.165, 1.54) is 17.0 Å². The Labute approximate surface area is 119 Å². The fourth-order valence-corrected chi connectivity index (χ4v) is 1.82. The summed E-state index contributed by atoms with van der Waals surface area (Å²) >= 11 is 3.29. The van der Waals surface area contributed by atoms with Crippen LogP contribution in [0.25, 0.3) is 0 Å². The molecule has 0 aliphatic heterocycles. The number of carbonyl (C=O) groups is 1. The minimum atomic E-state index is -0.306. The number of pyridine rings is 1. The molecule has 0 aliphatic rings. The number of likely N-dealkylation sites (N-methyl/N-ethyl adjacent to an activating group) is 1. The smallest absolute Gasteiger partial charge is 0.232 e. The Bertz CT molecular complexity index is 569. The Morgan fingerprint density at radius 1 is 1.26 bits per heavy atom. The summed E-state index contributed by atoms with van der Waals surface area (Å²) in [5.41, 5.74) is 0.773. The average molecular weight is 323 g/mol. The van der Waals surface area contributed by atoms with E-state index in [0.29, 0.717) is 5.82 Å². The van der Waals surface area contributed by atoms with Crippen LogP contribution in [0.1, 0.15) is 5.56 Å². The molecule has 0 aliphatic carbocycles. The normalized spacial score (nSPS) is 10.3. The highest BCUT2D eigenvalue weighted by Gasteiger charge is 2.12. The van der Waals surface area contributed by atoms with E-state index < -0.39 is 0 Å². The van der Waals surface area contributed by atoms with Crippen molar-refractivity contribution in [2.24, 2.45) is 0 Å². The molecule has 3 nitrogen and oxygen atoms in total. The lowest BCUT2D eigenvalue weighted by atomic mass is 10.1. The molecule has 1 aromatic heterocycles. The number of halogens is 2.